The molecule has 2 aromatic heterocycles. The van der Waals surface area contributed by atoms with Crippen LogP contribution in [-0.2, 0) is 10.0 Å². The van der Waals surface area contributed by atoms with E-state index >= 15 is 0 Å². The van der Waals surface area contributed by atoms with Gasteiger partial charge >= 0.3 is 0 Å². The van der Waals surface area contributed by atoms with Crippen LogP contribution in [0.25, 0.3) is 10.6 Å². The van der Waals surface area contributed by atoms with Crippen LogP contribution in [0, 0.1) is 0 Å². The van der Waals surface area contributed by atoms with Crippen molar-refractivity contribution < 1.29 is 13.2 Å². The van der Waals surface area contributed by atoms with Gasteiger partial charge in [0.2, 0.25) is 0 Å². The first-order chi connectivity index (χ1) is 14.9. The Hall–Kier alpha value is -2.72. The highest BCUT2D eigenvalue weighted by molar-refractivity contribution is 7.92. The molecule has 0 atom stereocenters. The molecule has 0 unspecified atom stereocenters. The Morgan fingerprint density at radius 2 is 1.84 bits per heavy atom. The maximum absolute atomic E-state index is 13.1. The normalized spacial score (nSPS) is 11.3. The molecule has 2 aromatic carbocycles. The molecule has 2 heterocycles. The predicted molar refractivity (Wildman–Crippen MR) is 127 cm³/mol. The first-order valence-corrected chi connectivity index (χ1v) is 12.6. The number of nitrogens with zero attached hydrogens (tertiary/aromatic N) is 2. The molecule has 1 amide bonds. The number of thiophene rings is 1. The zero-order valence-electron chi connectivity index (χ0n) is 16.2. The minimum absolute atomic E-state index is 0.0354. The lowest BCUT2D eigenvalue weighted by Crippen LogP contribution is -2.27. The van der Waals surface area contributed by atoms with Gasteiger partial charge in [0, 0.05) is 12.4 Å². The third-order valence-electron chi connectivity index (χ3n) is 4.46. The summed E-state index contributed by atoms with van der Waals surface area (Å²) in [6, 6.07) is 16.6. The second-order valence-corrected chi connectivity index (χ2v) is 10.6. The summed E-state index contributed by atoms with van der Waals surface area (Å²) in [5, 5.41) is 7.05. The second kappa shape index (κ2) is 8.80. The van der Waals surface area contributed by atoms with Crippen molar-refractivity contribution in [1.82, 2.24) is 4.98 Å². The Morgan fingerprint density at radius 3 is 2.55 bits per heavy atom. The molecule has 6 nitrogen and oxygen atoms in total. The number of hydrogen-bond donors (Lipinski definition) is 1. The largest absolute Gasteiger partial charge is 0.298 e. The number of carbonyl (C=O) groups is 1. The Bertz CT molecular complexity index is 1320. The van der Waals surface area contributed by atoms with E-state index < -0.39 is 15.9 Å². The fourth-order valence-electron chi connectivity index (χ4n) is 2.81. The molecular weight excluding hydrogens is 474 g/mol. The third kappa shape index (κ3) is 4.49. The van der Waals surface area contributed by atoms with Crippen LogP contribution in [-0.4, -0.2) is 26.4 Å². The molecule has 0 aliphatic heterocycles. The van der Waals surface area contributed by atoms with Gasteiger partial charge in [0.15, 0.2) is 5.13 Å². The fourth-order valence-corrected chi connectivity index (χ4v) is 5.70. The highest BCUT2D eigenvalue weighted by Gasteiger charge is 2.24. The van der Waals surface area contributed by atoms with Gasteiger partial charge < -0.3 is 0 Å². The van der Waals surface area contributed by atoms with Gasteiger partial charge in [-0.15, -0.1) is 22.7 Å². The Balaban J connectivity index is 1.59. The average Bonchev–Trinajstić information content (AvgIpc) is 3.46. The molecule has 0 saturated heterocycles. The van der Waals surface area contributed by atoms with Crippen molar-refractivity contribution >= 4 is 61.0 Å². The molecule has 0 aliphatic carbocycles. The van der Waals surface area contributed by atoms with Crippen LogP contribution in [0.3, 0.4) is 0 Å². The van der Waals surface area contributed by atoms with Gasteiger partial charge in [-0.1, -0.05) is 35.9 Å². The summed E-state index contributed by atoms with van der Waals surface area (Å²) in [4.78, 5) is 18.2. The number of aromatic nitrogens is 1. The van der Waals surface area contributed by atoms with Gasteiger partial charge in [-0.3, -0.25) is 14.4 Å². The van der Waals surface area contributed by atoms with Crippen molar-refractivity contribution in [3.8, 4) is 10.6 Å². The summed E-state index contributed by atoms with van der Waals surface area (Å²) < 4.78 is 27.3. The molecule has 0 spiro atoms. The van der Waals surface area contributed by atoms with Crippen LogP contribution >= 0.6 is 34.3 Å². The number of amides is 1. The van der Waals surface area contributed by atoms with E-state index in [2.05, 4.69) is 10.3 Å². The van der Waals surface area contributed by atoms with Gasteiger partial charge in [-0.2, -0.15) is 0 Å². The number of anilines is 2. The maximum Gasteiger partial charge on any atom is 0.264 e. The van der Waals surface area contributed by atoms with Crippen LogP contribution in [0.15, 0.2) is 76.3 Å². The van der Waals surface area contributed by atoms with Gasteiger partial charge in [0.25, 0.3) is 15.9 Å². The number of carbonyl (C=O) groups excluding carboxylic acids is 1. The van der Waals surface area contributed by atoms with E-state index in [9.17, 15) is 13.2 Å². The molecule has 4 rings (SSSR count). The van der Waals surface area contributed by atoms with E-state index in [1.807, 2.05) is 22.9 Å². The zero-order valence-corrected chi connectivity index (χ0v) is 19.4. The highest BCUT2D eigenvalue weighted by atomic mass is 35.5. The summed E-state index contributed by atoms with van der Waals surface area (Å²) >= 11 is 9.04. The fraction of sp³-hybridized carbons (Fsp3) is 0.0476. The van der Waals surface area contributed by atoms with Crippen LogP contribution < -0.4 is 9.62 Å². The van der Waals surface area contributed by atoms with Crippen LogP contribution in [0.1, 0.15) is 10.4 Å². The number of hydrogen-bond acceptors (Lipinski definition) is 6. The molecule has 0 bridgehead atoms. The zero-order chi connectivity index (χ0) is 22.0. The van der Waals surface area contributed by atoms with Gasteiger partial charge in [0.1, 0.15) is 0 Å². The van der Waals surface area contributed by atoms with Crippen molar-refractivity contribution in [2.75, 3.05) is 16.7 Å². The topological polar surface area (TPSA) is 79.4 Å². The molecule has 0 radical (unpaired) electrons. The smallest absolute Gasteiger partial charge is 0.264 e. The highest BCUT2D eigenvalue weighted by Crippen LogP contribution is 2.30. The first-order valence-electron chi connectivity index (χ1n) is 9.00. The van der Waals surface area contributed by atoms with E-state index in [1.165, 1.54) is 36.6 Å². The van der Waals surface area contributed by atoms with E-state index in [0.29, 0.717) is 10.8 Å². The van der Waals surface area contributed by atoms with Crippen LogP contribution in [0.5, 0.6) is 0 Å². The van der Waals surface area contributed by atoms with Gasteiger partial charge in [-0.25, -0.2) is 13.4 Å². The monoisotopic (exact) mass is 489 g/mol. The molecule has 31 heavy (non-hydrogen) atoms. The Morgan fingerprint density at radius 1 is 1.06 bits per heavy atom. The molecule has 0 aliphatic rings. The van der Waals surface area contributed by atoms with Crippen molar-refractivity contribution in [1.29, 1.82) is 0 Å². The standard InChI is InChI=1S/C21H16ClN3O3S3/c1-25(14-6-3-2-4-7-14)31(27,28)15-9-10-17(22)16(12-15)20(26)24-21-23-18(13-30-21)19-8-5-11-29-19/h2-13H,1H3,(H,23,24,26). The number of para-hydroxylation sites is 1. The summed E-state index contributed by atoms with van der Waals surface area (Å²) in [6.45, 7) is 0. The number of halogens is 1. The van der Waals surface area contributed by atoms with E-state index in [4.69, 9.17) is 11.6 Å². The lowest BCUT2D eigenvalue weighted by atomic mass is 10.2. The number of sulfonamides is 1. The predicted octanol–water partition coefficient (Wildman–Crippen LogP) is 5.60. The number of rotatable bonds is 6. The lowest BCUT2D eigenvalue weighted by molar-refractivity contribution is 0.102. The van der Waals surface area contributed by atoms with E-state index in [-0.39, 0.29) is 15.5 Å². The summed E-state index contributed by atoms with van der Waals surface area (Å²) in [5.74, 6) is -0.531. The molecule has 1 N–H and O–H groups in total. The molecule has 0 saturated carbocycles. The van der Waals surface area contributed by atoms with Crippen molar-refractivity contribution in [3.63, 3.8) is 0 Å². The summed E-state index contributed by atoms with van der Waals surface area (Å²) in [6.07, 6.45) is 0. The van der Waals surface area contributed by atoms with Gasteiger partial charge in [0.05, 0.1) is 31.7 Å². The Labute approximate surface area is 192 Å². The van der Waals surface area contributed by atoms with Crippen LogP contribution in [0.2, 0.25) is 5.02 Å². The van der Waals surface area contributed by atoms with Gasteiger partial charge in [-0.05, 0) is 41.8 Å². The number of nitrogens with one attached hydrogen (secondary N) is 1. The lowest BCUT2D eigenvalue weighted by Gasteiger charge is -2.20. The SMILES string of the molecule is CN(c1ccccc1)S(=O)(=O)c1ccc(Cl)c(C(=O)Nc2nc(-c3cccs3)cs2)c1. The van der Waals surface area contributed by atoms with E-state index in [1.54, 1.807) is 41.7 Å². The maximum atomic E-state index is 13.1. The van der Waals surface area contributed by atoms with Crippen molar-refractivity contribution in [2.45, 2.75) is 4.90 Å². The quantitative estimate of drug-likeness (QED) is 0.382. The molecule has 10 heteroatoms. The number of benzene rings is 2. The van der Waals surface area contributed by atoms with Crippen molar-refractivity contribution in [2.24, 2.45) is 0 Å². The van der Waals surface area contributed by atoms with Crippen molar-refractivity contribution in [3.05, 3.63) is 82.0 Å². The number of thiazole rings is 1. The third-order valence-corrected chi connectivity index (χ3v) is 8.22. The Kier molecular flexibility index (Phi) is 6.10. The summed E-state index contributed by atoms with van der Waals surface area (Å²) in [7, 11) is -2.42. The van der Waals surface area contributed by atoms with Crippen LogP contribution in [0.4, 0.5) is 10.8 Å². The summed E-state index contributed by atoms with van der Waals surface area (Å²) in [5.41, 5.74) is 1.33. The average molecular weight is 490 g/mol. The van der Waals surface area contributed by atoms with E-state index in [0.717, 1.165) is 14.9 Å². The second-order valence-electron chi connectivity index (χ2n) is 6.42. The minimum atomic E-state index is -3.88. The molecule has 158 valence electrons. The molecule has 0 fully saturated rings. The molecular formula is C21H16ClN3O3S3. The molecule has 4 aromatic rings. The minimum Gasteiger partial charge on any atom is -0.298 e. The first kappa shape index (κ1) is 21.5.